The van der Waals surface area contributed by atoms with Crippen molar-refractivity contribution in [2.24, 2.45) is 7.05 Å². The topological polar surface area (TPSA) is 95.1 Å². The highest BCUT2D eigenvalue weighted by molar-refractivity contribution is 7.99. The summed E-state index contributed by atoms with van der Waals surface area (Å²) in [5.74, 6) is -0.237. The molecule has 1 aromatic heterocycles. The Morgan fingerprint density at radius 3 is 2.73 bits per heavy atom. The van der Waals surface area contributed by atoms with E-state index in [1.807, 2.05) is 0 Å². The molecule has 3 rings (SSSR count). The number of hydrogen-bond acceptors (Lipinski definition) is 6. The lowest BCUT2D eigenvalue weighted by Crippen LogP contribution is -2.20. The lowest BCUT2D eigenvalue weighted by atomic mass is 10.1. The van der Waals surface area contributed by atoms with Crippen molar-refractivity contribution in [3.05, 3.63) is 74.1 Å². The van der Waals surface area contributed by atoms with Crippen molar-refractivity contribution in [1.29, 1.82) is 0 Å². The van der Waals surface area contributed by atoms with Crippen molar-refractivity contribution in [3.8, 4) is 0 Å². The van der Waals surface area contributed by atoms with Crippen LogP contribution in [0.1, 0.15) is 15.9 Å². The summed E-state index contributed by atoms with van der Waals surface area (Å²) in [5.41, 5.74) is 1.06. The smallest absolute Gasteiger partial charge is 0.273 e. The molecular formula is C18H15N3O4S. The lowest BCUT2D eigenvalue weighted by molar-refractivity contribution is -0.385. The maximum Gasteiger partial charge on any atom is 0.273 e. The Morgan fingerprint density at radius 1 is 1.27 bits per heavy atom. The summed E-state index contributed by atoms with van der Waals surface area (Å²) in [6, 6.07) is 11.4. The van der Waals surface area contributed by atoms with E-state index in [4.69, 9.17) is 0 Å². The van der Waals surface area contributed by atoms with Crippen LogP contribution >= 0.6 is 11.8 Å². The van der Waals surface area contributed by atoms with Crippen molar-refractivity contribution in [2.75, 3.05) is 5.75 Å². The van der Waals surface area contributed by atoms with Crippen molar-refractivity contribution >= 4 is 34.1 Å². The predicted octanol–water partition coefficient (Wildman–Crippen LogP) is 3.13. The minimum atomic E-state index is -0.506. The summed E-state index contributed by atoms with van der Waals surface area (Å²) in [6.07, 6.45) is 0. The van der Waals surface area contributed by atoms with Gasteiger partial charge in [-0.1, -0.05) is 36.0 Å². The van der Waals surface area contributed by atoms with Crippen LogP contribution in [0, 0.1) is 17.0 Å². The van der Waals surface area contributed by atoms with E-state index in [9.17, 15) is 19.7 Å². The van der Waals surface area contributed by atoms with Crippen molar-refractivity contribution in [2.45, 2.75) is 12.1 Å². The molecule has 0 aliphatic carbocycles. The van der Waals surface area contributed by atoms with Gasteiger partial charge in [-0.2, -0.15) is 0 Å². The fraction of sp³-hybridized carbons (Fsp3) is 0.167. The molecule has 7 nitrogen and oxygen atoms in total. The third-order valence-corrected chi connectivity index (χ3v) is 5.03. The molecule has 0 atom stereocenters. The van der Waals surface area contributed by atoms with Crippen molar-refractivity contribution in [3.63, 3.8) is 0 Å². The van der Waals surface area contributed by atoms with Crippen molar-refractivity contribution < 1.29 is 9.72 Å². The van der Waals surface area contributed by atoms with Crippen LogP contribution in [-0.2, 0) is 7.05 Å². The zero-order chi connectivity index (χ0) is 18.8. The summed E-state index contributed by atoms with van der Waals surface area (Å²) in [6.45, 7) is 1.62. The number of nitro benzene ring substituents is 1. The number of aryl methyl sites for hydroxylation is 1. The van der Waals surface area contributed by atoms with Crippen LogP contribution in [0.5, 0.6) is 0 Å². The molecular weight excluding hydrogens is 354 g/mol. The van der Waals surface area contributed by atoms with E-state index in [-0.39, 0.29) is 28.3 Å². The van der Waals surface area contributed by atoms with Gasteiger partial charge in [-0.25, -0.2) is 4.98 Å². The van der Waals surface area contributed by atoms with Crippen LogP contribution in [0.15, 0.2) is 52.4 Å². The number of nitro groups is 1. The second-order valence-electron chi connectivity index (χ2n) is 5.75. The molecule has 3 aromatic rings. The third-order valence-electron chi connectivity index (χ3n) is 4.00. The van der Waals surface area contributed by atoms with E-state index in [2.05, 4.69) is 4.98 Å². The number of benzene rings is 2. The second kappa shape index (κ2) is 7.09. The Labute approximate surface area is 152 Å². The van der Waals surface area contributed by atoms with Crippen molar-refractivity contribution in [1.82, 2.24) is 9.55 Å². The molecule has 0 amide bonds. The van der Waals surface area contributed by atoms with Gasteiger partial charge in [0.05, 0.1) is 21.6 Å². The van der Waals surface area contributed by atoms with Crippen LogP contribution < -0.4 is 5.56 Å². The van der Waals surface area contributed by atoms with Gasteiger partial charge in [0, 0.05) is 24.2 Å². The molecule has 0 saturated carbocycles. The number of para-hydroxylation sites is 1. The van der Waals surface area contributed by atoms with Gasteiger partial charge in [-0.3, -0.25) is 24.3 Å². The monoisotopic (exact) mass is 369 g/mol. The molecule has 8 heteroatoms. The summed E-state index contributed by atoms with van der Waals surface area (Å²) in [5, 5.41) is 12.0. The normalized spacial score (nSPS) is 10.8. The molecule has 0 spiro atoms. The largest absolute Gasteiger partial charge is 0.293 e. The molecule has 1 heterocycles. The number of carbonyl (C=O) groups excluding carboxylic acids is 1. The SMILES string of the molecule is Cc1ccc(C(=O)CSc2nc3ccccc3c(=O)n2C)cc1[N+](=O)[O-]. The summed E-state index contributed by atoms with van der Waals surface area (Å²) >= 11 is 1.13. The van der Waals surface area contributed by atoms with E-state index < -0.39 is 4.92 Å². The first-order valence-corrected chi connectivity index (χ1v) is 8.74. The van der Waals surface area contributed by atoms with Gasteiger partial charge in [-0.15, -0.1) is 0 Å². The average Bonchev–Trinajstić information content (AvgIpc) is 2.63. The number of aromatic nitrogens is 2. The first-order chi connectivity index (χ1) is 12.4. The Balaban J connectivity index is 1.85. The average molecular weight is 369 g/mol. The van der Waals surface area contributed by atoms with E-state index in [1.54, 1.807) is 50.4 Å². The highest BCUT2D eigenvalue weighted by atomic mass is 32.2. The number of Topliss-reactive ketones (excluding diaryl/α,β-unsaturated/α-hetero) is 1. The summed E-state index contributed by atoms with van der Waals surface area (Å²) < 4.78 is 1.40. The van der Waals surface area contributed by atoms with Gasteiger partial charge < -0.3 is 0 Å². The molecule has 0 N–H and O–H groups in total. The van der Waals surface area contributed by atoms with E-state index >= 15 is 0 Å². The van der Waals surface area contributed by atoms with Gasteiger partial charge >= 0.3 is 0 Å². The number of hydrogen-bond donors (Lipinski definition) is 0. The number of ketones is 1. The molecule has 0 bridgehead atoms. The van der Waals surface area contributed by atoms with Gasteiger partial charge in [0.25, 0.3) is 11.2 Å². The van der Waals surface area contributed by atoms with E-state index in [0.717, 1.165) is 11.8 Å². The Hall–Kier alpha value is -3.00. The van der Waals surface area contributed by atoms with Crippen LogP contribution in [0.2, 0.25) is 0 Å². The van der Waals surface area contributed by atoms with Gasteiger partial charge in [0.1, 0.15) is 0 Å². The van der Waals surface area contributed by atoms with Crippen LogP contribution in [-0.4, -0.2) is 26.0 Å². The predicted molar refractivity (Wildman–Crippen MR) is 99.9 cm³/mol. The molecule has 132 valence electrons. The molecule has 0 saturated heterocycles. The third kappa shape index (κ3) is 3.36. The molecule has 2 aromatic carbocycles. The van der Waals surface area contributed by atoms with E-state index in [0.29, 0.717) is 21.6 Å². The molecule has 26 heavy (non-hydrogen) atoms. The quantitative estimate of drug-likeness (QED) is 0.225. The van der Waals surface area contributed by atoms with Crippen LogP contribution in [0.25, 0.3) is 10.9 Å². The maximum absolute atomic E-state index is 12.4. The zero-order valence-corrected chi connectivity index (χ0v) is 14.9. The standard InChI is InChI=1S/C18H15N3O4S/c1-11-7-8-12(9-15(11)21(24)25)16(22)10-26-18-19-14-6-4-3-5-13(14)17(23)20(18)2/h3-9H,10H2,1-2H3. The number of carbonyl (C=O) groups is 1. The van der Waals surface area contributed by atoms with Gasteiger partial charge in [0.2, 0.25) is 0 Å². The Kier molecular flexibility index (Phi) is 4.85. The second-order valence-corrected chi connectivity index (χ2v) is 6.69. The summed E-state index contributed by atoms with van der Waals surface area (Å²) in [4.78, 5) is 39.7. The number of rotatable bonds is 5. The van der Waals surface area contributed by atoms with Gasteiger partial charge in [-0.05, 0) is 19.1 Å². The number of fused-ring (bicyclic) bond motifs is 1. The van der Waals surface area contributed by atoms with Crippen LogP contribution in [0.4, 0.5) is 5.69 Å². The molecule has 0 radical (unpaired) electrons. The fourth-order valence-corrected chi connectivity index (χ4v) is 3.39. The molecule has 0 unspecified atom stereocenters. The fourth-order valence-electron chi connectivity index (χ4n) is 2.52. The molecule has 0 aliphatic rings. The summed E-state index contributed by atoms with van der Waals surface area (Å²) in [7, 11) is 1.60. The Bertz CT molecular complexity index is 1090. The maximum atomic E-state index is 12.4. The highest BCUT2D eigenvalue weighted by Crippen LogP contribution is 2.22. The number of thioether (sulfide) groups is 1. The highest BCUT2D eigenvalue weighted by Gasteiger charge is 2.16. The first kappa shape index (κ1) is 17.8. The minimum Gasteiger partial charge on any atom is -0.293 e. The lowest BCUT2D eigenvalue weighted by Gasteiger charge is -2.08. The van der Waals surface area contributed by atoms with Gasteiger partial charge in [0.15, 0.2) is 10.9 Å². The van der Waals surface area contributed by atoms with E-state index in [1.165, 1.54) is 10.6 Å². The first-order valence-electron chi connectivity index (χ1n) is 7.75. The Morgan fingerprint density at radius 2 is 2.00 bits per heavy atom. The molecule has 0 aliphatic heterocycles. The van der Waals surface area contributed by atoms with Crippen LogP contribution in [0.3, 0.4) is 0 Å². The number of nitrogens with zero attached hydrogens (tertiary/aromatic N) is 3. The molecule has 0 fully saturated rings. The minimum absolute atomic E-state index is 0.0266. The zero-order valence-electron chi connectivity index (χ0n) is 14.1.